The first kappa shape index (κ1) is 18.3. The van der Waals surface area contributed by atoms with Crippen LogP contribution in [-0.2, 0) is 11.2 Å². The van der Waals surface area contributed by atoms with Gasteiger partial charge in [0, 0.05) is 19.5 Å². The number of rotatable bonds is 4. The summed E-state index contributed by atoms with van der Waals surface area (Å²) >= 11 is 0. The quantitative estimate of drug-likeness (QED) is 0.866. The van der Waals surface area contributed by atoms with E-state index in [0.717, 1.165) is 56.5 Å². The first-order valence-corrected chi connectivity index (χ1v) is 10.1. The highest BCUT2D eigenvalue weighted by atomic mass is 16.1. The van der Waals surface area contributed by atoms with Crippen LogP contribution in [0.5, 0.6) is 0 Å². The summed E-state index contributed by atoms with van der Waals surface area (Å²) in [6.45, 7) is 10.3. The van der Waals surface area contributed by atoms with Gasteiger partial charge in [-0.25, -0.2) is 4.98 Å². The molecule has 2 heterocycles. The Labute approximate surface area is 162 Å². The molecule has 0 atom stereocenters. The summed E-state index contributed by atoms with van der Waals surface area (Å²) in [5, 5.41) is 12.3. The lowest BCUT2D eigenvalue weighted by molar-refractivity contribution is -0.155. The predicted molar refractivity (Wildman–Crippen MR) is 107 cm³/mol. The molecule has 3 fully saturated rings. The second kappa shape index (κ2) is 5.95. The Morgan fingerprint density at radius 3 is 2.70 bits per heavy atom. The van der Waals surface area contributed by atoms with E-state index >= 15 is 0 Å². The van der Waals surface area contributed by atoms with Gasteiger partial charge < -0.3 is 10.2 Å². The van der Waals surface area contributed by atoms with Crippen molar-refractivity contribution in [3.8, 4) is 6.07 Å². The number of carbonyl (C=O) groups excluding carboxylic acids is 1. The number of nitrogens with one attached hydrogen (secondary N) is 1. The second-order valence-electron chi connectivity index (χ2n) is 10.4. The van der Waals surface area contributed by atoms with Crippen LogP contribution in [0.3, 0.4) is 0 Å². The van der Waals surface area contributed by atoms with E-state index in [4.69, 9.17) is 4.98 Å². The summed E-state index contributed by atoms with van der Waals surface area (Å²) in [4.78, 5) is 19.6. The third kappa shape index (κ3) is 3.31. The topological polar surface area (TPSA) is 69.0 Å². The molecule has 3 aliphatic carbocycles. The molecular weight excluding hydrogens is 336 g/mol. The molecular formula is C22H30N4O. The van der Waals surface area contributed by atoms with Crippen molar-refractivity contribution in [1.82, 2.24) is 4.98 Å². The molecule has 3 saturated carbocycles. The number of aryl methyl sites for hydroxylation is 2. The molecule has 5 nitrogen and oxygen atoms in total. The minimum Gasteiger partial charge on any atom is -0.369 e. The molecule has 1 aromatic heterocycles. The molecule has 0 radical (unpaired) electrons. The average Bonchev–Trinajstić information content (AvgIpc) is 2.48. The standard InChI is InChI=1S/C22H30N4O/c1-15-8-17-16(24-19(15)25-18(27)9-20(2,3)4)6-5-7-26(17)14-22-10-21(11-22,12-22)13-23/h8H,5-7,9-12,14H2,1-4H3,(H,24,25,27). The molecule has 1 amide bonds. The SMILES string of the molecule is Cc1cc2c(nc1NC(=O)CC(C)(C)C)CCCN2CC12CC(C#N)(C1)C2. The van der Waals surface area contributed by atoms with E-state index in [0.29, 0.717) is 17.7 Å². The highest BCUT2D eigenvalue weighted by molar-refractivity contribution is 5.91. The Hall–Kier alpha value is -2.09. The molecule has 5 heteroatoms. The molecule has 27 heavy (non-hydrogen) atoms. The van der Waals surface area contributed by atoms with Gasteiger partial charge in [0.05, 0.1) is 22.9 Å². The average molecular weight is 367 g/mol. The number of hydrogen-bond donors (Lipinski definition) is 1. The lowest BCUT2D eigenvalue weighted by atomic mass is 9.35. The van der Waals surface area contributed by atoms with E-state index < -0.39 is 0 Å². The van der Waals surface area contributed by atoms with Crippen molar-refractivity contribution in [3.05, 3.63) is 17.3 Å². The van der Waals surface area contributed by atoms with Gasteiger partial charge in [0.1, 0.15) is 5.82 Å². The van der Waals surface area contributed by atoms with Crippen molar-refractivity contribution >= 4 is 17.4 Å². The highest BCUT2D eigenvalue weighted by Crippen LogP contribution is 2.73. The van der Waals surface area contributed by atoms with Gasteiger partial charge in [-0.2, -0.15) is 5.26 Å². The first-order chi connectivity index (χ1) is 12.6. The molecule has 1 N–H and O–H groups in total. The second-order valence-corrected chi connectivity index (χ2v) is 10.4. The van der Waals surface area contributed by atoms with E-state index in [1.807, 2.05) is 6.92 Å². The zero-order chi connectivity index (χ0) is 19.4. The van der Waals surface area contributed by atoms with Crippen LogP contribution < -0.4 is 10.2 Å². The Bertz CT molecular complexity index is 810. The van der Waals surface area contributed by atoms with Crippen LogP contribution in [0.4, 0.5) is 11.5 Å². The zero-order valence-corrected chi connectivity index (χ0v) is 17.0. The molecule has 2 bridgehead atoms. The van der Waals surface area contributed by atoms with Crippen LogP contribution in [-0.4, -0.2) is 24.0 Å². The molecule has 5 rings (SSSR count). The molecule has 0 aromatic carbocycles. The third-order valence-corrected chi connectivity index (χ3v) is 6.30. The van der Waals surface area contributed by atoms with Gasteiger partial charge in [0.15, 0.2) is 0 Å². The number of anilines is 2. The van der Waals surface area contributed by atoms with E-state index in [1.165, 1.54) is 5.69 Å². The highest BCUT2D eigenvalue weighted by Gasteiger charge is 2.68. The molecule has 1 aromatic rings. The van der Waals surface area contributed by atoms with E-state index in [-0.39, 0.29) is 16.7 Å². The van der Waals surface area contributed by atoms with Gasteiger partial charge in [0.2, 0.25) is 5.91 Å². The van der Waals surface area contributed by atoms with Gasteiger partial charge in [-0.15, -0.1) is 0 Å². The van der Waals surface area contributed by atoms with Gasteiger partial charge >= 0.3 is 0 Å². The number of pyridine rings is 1. The van der Waals surface area contributed by atoms with Crippen molar-refractivity contribution in [1.29, 1.82) is 5.26 Å². The summed E-state index contributed by atoms with van der Waals surface area (Å²) in [5.74, 6) is 0.736. The summed E-state index contributed by atoms with van der Waals surface area (Å²) < 4.78 is 0. The monoisotopic (exact) mass is 366 g/mol. The summed E-state index contributed by atoms with van der Waals surface area (Å²) in [6.07, 6.45) is 5.74. The van der Waals surface area contributed by atoms with Crippen molar-refractivity contribution < 1.29 is 4.79 Å². The Morgan fingerprint density at radius 2 is 2.07 bits per heavy atom. The van der Waals surface area contributed by atoms with E-state index in [1.54, 1.807) is 0 Å². The summed E-state index contributed by atoms with van der Waals surface area (Å²) in [5.41, 5.74) is 3.68. The van der Waals surface area contributed by atoms with Crippen molar-refractivity contribution in [3.63, 3.8) is 0 Å². The first-order valence-electron chi connectivity index (χ1n) is 10.1. The third-order valence-electron chi connectivity index (χ3n) is 6.30. The number of hydrogen-bond acceptors (Lipinski definition) is 4. The number of fused-ring (bicyclic) bond motifs is 1. The van der Waals surface area contributed by atoms with E-state index in [2.05, 4.69) is 43.1 Å². The van der Waals surface area contributed by atoms with Gasteiger partial charge in [-0.05, 0) is 61.5 Å². The van der Waals surface area contributed by atoms with Crippen molar-refractivity contribution in [2.24, 2.45) is 16.2 Å². The Kier molecular flexibility index (Phi) is 4.03. The predicted octanol–water partition coefficient (Wildman–Crippen LogP) is 4.21. The van der Waals surface area contributed by atoms with Gasteiger partial charge in [0.25, 0.3) is 0 Å². The molecule has 4 aliphatic rings. The van der Waals surface area contributed by atoms with Gasteiger partial charge in [-0.3, -0.25) is 4.79 Å². The minimum absolute atomic E-state index is 0.00791. The van der Waals surface area contributed by atoms with Crippen LogP contribution >= 0.6 is 0 Å². The largest absolute Gasteiger partial charge is 0.369 e. The maximum Gasteiger partial charge on any atom is 0.226 e. The normalized spacial score (nSPS) is 28.5. The fraction of sp³-hybridized carbons (Fsp3) is 0.682. The fourth-order valence-electron chi connectivity index (χ4n) is 5.29. The van der Waals surface area contributed by atoms with Crippen LogP contribution in [0.25, 0.3) is 0 Å². The number of amides is 1. The van der Waals surface area contributed by atoms with Crippen LogP contribution in [0, 0.1) is 34.5 Å². The smallest absolute Gasteiger partial charge is 0.226 e. The number of nitriles is 1. The number of nitrogens with zero attached hydrogens (tertiary/aromatic N) is 3. The number of carbonyl (C=O) groups is 1. The maximum atomic E-state index is 12.3. The van der Waals surface area contributed by atoms with E-state index in [9.17, 15) is 10.1 Å². The summed E-state index contributed by atoms with van der Waals surface area (Å²) in [6, 6.07) is 4.70. The molecule has 0 saturated heterocycles. The maximum absolute atomic E-state index is 12.3. The fourth-order valence-corrected chi connectivity index (χ4v) is 5.29. The molecule has 1 aliphatic heterocycles. The Balaban J connectivity index is 1.49. The Morgan fingerprint density at radius 1 is 1.37 bits per heavy atom. The minimum atomic E-state index is -0.0352. The number of aromatic nitrogens is 1. The molecule has 0 unspecified atom stereocenters. The lowest BCUT2D eigenvalue weighted by Gasteiger charge is -2.68. The molecule has 0 spiro atoms. The van der Waals surface area contributed by atoms with Crippen LogP contribution in [0.15, 0.2) is 6.07 Å². The lowest BCUT2D eigenvalue weighted by Crippen LogP contribution is -2.65. The van der Waals surface area contributed by atoms with Crippen LogP contribution in [0.1, 0.15) is 64.1 Å². The van der Waals surface area contributed by atoms with Crippen molar-refractivity contribution in [2.45, 2.75) is 66.2 Å². The van der Waals surface area contributed by atoms with Crippen LogP contribution in [0.2, 0.25) is 0 Å². The zero-order valence-electron chi connectivity index (χ0n) is 17.0. The molecule has 144 valence electrons. The van der Waals surface area contributed by atoms with Gasteiger partial charge in [-0.1, -0.05) is 20.8 Å². The summed E-state index contributed by atoms with van der Waals surface area (Å²) in [7, 11) is 0. The van der Waals surface area contributed by atoms with Crippen molar-refractivity contribution in [2.75, 3.05) is 23.3 Å².